The number of sulfone groups is 1. The third-order valence-corrected chi connectivity index (χ3v) is 2.64. The zero-order valence-electron chi connectivity index (χ0n) is 8.13. The van der Waals surface area contributed by atoms with Gasteiger partial charge in [0.15, 0.2) is 0 Å². The van der Waals surface area contributed by atoms with Crippen LogP contribution >= 0.6 is 0 Å². The van der Waals surface area contributed by atoms with Crippen LogP contribution in [0.2, 0.25) is 0 Å². The van der Waals surface area contributed by atoms with Crippen LogP contribution < -0.4 is 5.32 Å². The van der Waals surface area contributed by atoms with Crippen LogP contribution in [-0.4, -0.2) is 33.0 Å². The quantitative estimate of drug-likeness (QED) is 0.679. The molecule has 4 heteroatoms. The van der Waals surface area contributed by atoms with Gasteiger partial charge in [-0.15, -0.1) is 0 Å². The van der Waals surface area contributed by atoms with E-state index >= 15 is 0 Å². The molecule has 1 atom stereocenters. The molecule has 12 heavy (non-hydrogen) atoms. The molecular formula is C8H19NO2S. The van der Waals surface area contributed by atoms with Crippen molar-refractivity contribution in [2.45, 2.75) is 32.7 Å². The van der Waals surface area contributed by atoms with Gasteiger partial charge in [-0.2, -0.15) is 0 Å². The van der Waals surface area contributed by atoms with Crippen LogP contribution in [0, 0.1) is 0 Å². The Labute approximate surface area is 75.5 Å². The van der Waals surface area contributed by atoms with Crippen LogP contribution in [0.5, 0.6) is 0 Å². The van der Waals surface area contributed by atoms with Gasteiger partial charge >= 0.3 is 0 Å². The Bertz CT molecular complexity index is 193. The molecule has 0 spiro atoms. The number of hydrogen-bond acceptors (Lipinski definition) is 3. The van der Waals surface area contributed by atoms with Crippen molar-refractivity contribution < 1.29 is 8.42 Å². The van der Waals surface area contributed by atoms with Gasteiger partial charge in [0, 0.05) is 12.3 Å². The normalized spacial score (nSPS) is 14.6. The highest BCUT2D eigenvalue weighted by atomic mass is 32.2. The van der Waals surface area contributed by atoms with E-state index in [1.807, 2.05) is 6.92 Å². The van der Waals surface area contributed by atoms with Crippen molar-refractivity contribution >= 4 is 9.84 Å². The maximum absolute atomic E-state index is 11.0. The Kier molecular flexibility index (Phi) is 5.50. The summed E-state index contributed by atoms with van der Waals surface area (Å²) in [5.41, 5.74) is 0. The van der Waals surface area contributed by atoms with E-state index in [1.165, 1.54) is 6.26 Å². The van der Waals surface area contributed by atoms with E-state index in [1.54, 1.807) is 0 Å². The molecule has 0 aliphatic heterocycles. The van der Waals surface area contributed by atoms with Gasteiger partial charge in [-0.05, 0) is 13.0 Å². The molecule has 0 bridgehead atoms. The number of hydrogen-bond donors (Lipinski definition) is 1. The van der Waals surface area contributed by atoms with E-state index in [2.05, 4.69) is 12.2 Å². The van der Waals surface area contributed by atoms with Gasteiger partial charge in [0.05, 0.1) is 5.75 Å². The highest BCUT2D eigenvalue weighted by molar-refractivity contribution is 7.90. The van der Waals surface area contributed by atoms with E-state index in [0.717, 1.165) is 19.4 Å². The monoisotopic (exact) mass is 193 g/mol. The van der Waals surface area contributed by atoms with Crippen LogP contribution in [-0.2, 0) is 9.84 Å². The van der Waals surface area contributed by atoms with Crippen molar-refractivity contribution in [3.05, 3.63) is 0 Å². The first-order chi connectivity index (χ1) is 5.49. The summed E-state index contributed by atoms with van der Waals surface area (Å²) in [5.74, 6) is 0.259. The second kappa shape index (κ2) is 5.54. The fourth-order valence-corrected chi connectivity index (χ4v) is 2.26. The first-order valence-electron chi connectivity index (χ1n) is 4.40. The summed E-state index contributed by atoms with van der Waals surface area (Å²) in [7, 11) is -2.83. The third-order valence-electron chi connectivity index (χ3n) is 1.63. The molecule has 74 valence electrons. The smallest absolute Gasteiger partial charge is 0.148 e. The van der Waals surface area contributed by atoms with Crippen molar-refractivity contribution in [3.63, 3.8) is 0 Å². The summed E-state index contributed by atoms with van der Waals surface area (Å²) >= 11 is 0. The maximum Gasteiger partial charge on any atom is 0.148 e. The van der Waals surface area contributed by atoms with Crippen LogP contribution in [0.25, 0.3) is 0 Å². The molecule has 0 aliphatic carbocycles. The predicted octanol–water partition coefficient (Wildman–Crippen LogP) is 0.809. The molecule has 0 aromatic rings. The molecule has 0 saturated heterocycles. The van der Waals surface area contributed by atoms with Gasteiger partial charge < -0.3 is 5.32 Å². The molecule has 1 N–H and O–H groups in total. The summed E-state index contributed by atoms with van der Waals surface area (Å²) < 4.78 is 21.9. The molecule has 0 fully saturated rings. The topological polar surface area (TPSA) is 46.2 Å². The average molecular weight is 193 g/mol. The Morgan fingerprint density at radius 1 is 1.33 bits per heavy atom. The average Bonchev–Trinajstić information content (AvgIpc) is 1.84. The van der Waals surface area contributed by atoms with Gasteiger partial charge in [-0.3, -0.25) is 0 Å². The first kappa shape index (κ1) is 11.9. The van der Waals surface area contributed by atoms with Crippen molar-refractivity contribution in [2.75, 3.05) is 18.6 Å². The van der Waals surface area contributed by atoms with E-state index in [4.69, 9.17) is 0 Å². The zero-order valence-corrected chi connectivity index (χ0v) is 8.95. The molecule has 0 saturated carbocycles. The van der Waals surface area contributed by atoms with Gasteiger partial charge in [-0.25, -0.2) is 8.42 Å². The van der Waals surface area contributed by atoms with Gasteiger partial charge in [0.2, 0.25) is 0 Å². The molecule has 0 aromatic carbocycles. The molecule has 0 amide bonds. The zero-order chi connectivity index (χ0) is 9.61. The van der Waals surface area contributed by atoms with Crippen LogP contribution in [0.15, 0.2) is 0 Å². The molecular weight excluding hydrogens is 174 g/mol. The number of rotatable bonds is 6. The predicted molar refractivity (Wildman–Crippen MR) is 52.1 cm³/mol. The minimum absolute atomic E-state index is 0.134. The highest BCUT2D eigenvalue weighted by Gasteiger charge is 2.12. The van der Waals surface area contributed by atoms with Gasteiger partial charge in [-0.1, -0.05) is 20.3 Å². The Morgan fingerprint density at radius 2 is 1.92 bits per heavy atom. The maximum atomic E-state index is 11.0. The molecule has 0 aromatic heterocycles. The van der Waals surface area contributed by atoms with Crippen molar-refractivity contribution in [2.24, 2.45) is 0 Å². The van der Waals surface area contributed by atoms with E-state index in [9.17, 15) is 8.42 Å². The molecule has 0 aliphatic rings. The molecule has 3 nitrogen and oxygen atoms in total. The summed E-state index contributed by atoms with van der Waals surface area (Å²) in [6.07, 6.45) is 3.24. The lowest BCUT2D eigenvalue weighted by molar-refractivity contribution is 0.514. The second-order valence-electron chi connectivity index (χ2n) is 3.14. The van der Waals surface area contributed by atoms with E-state index in [-0.39, 0.29) is 11.8 Å². The molecule has 0 rings (SSSR count). The van der Waals surface area contributed by atoms with Crippen LogP contribution in [0.4, 0.5) is 0 Å². The van der Waals surface area contributed by atoms with Crippen LogP contribution in [0.1, 0.15) is 26.7 Å². The second-order valence-corrected chi connectivity index (χ2v) is 5.32. The van der Waals surface area contributed by atoms with Crippen molar-refractivity contribution in [1.82, 2.24) is 5.32 Å². The standard InChI is InChI=1S/C8H19NO2S/c1-4-6-8(9-5-2)7-12(3,10)11/h8-9H,4-7H2,1-3H3. The van der Waals surface area contributed by atoms with Gasteiger partial charge in [0.25, 0.3) is 0 Å². The lowest BCUT2D eigenvalue weighted by Crippen LogP contribution is -2.35. The minimum atomic E-state index is -2.83. The SMILES string of the molecule is CCCC(CS(C)(=O)=O)NCC. The molecule has 0 heterocycles. The fraction of sp³-hybridized carbons (Fsp3) is 1.00. The molecule has 1 unspecified atom stereocenters. The highest BCUT2D eigenvalue weighted by Crippen LogP contribution is 1.99. The number of nitrogens with one attached hydrogen (secondary N) is 1. The Hall–Kier alpha value is -0.0900. The Balaban J connectivity index is 3.95. The third kappa shape index (κ3) is 6.61. The first-order valence-corrected chi connectivity index (χ1v) is 6.46. The lowest BCUT2D eigenvalue weighted by atomic mass is 10.2. The minimum Gasteiger partial charge on any atom is -0.313 e. The van der Waals surface area contributed by atoms with Crippen LogP contribution in [0.3, 0.4) is 0 Å². The van der Waals surface area contributed by atoms with Gasteiger partial charge in [0.1, 0.15) is 9.84 Å². The van der Waals surface area contributed by atoms with Crippen molar-refractivity contribution in [3.8, 4) is 0 Å². The molecule has 0 radical (unpaired) electrons. The van der Waals surface area contributed by atoms with E-state index in [0.29, 0.717) is 0 Å². The summed E-state index contributed by atoms with van der Waals surface area (Å²) in [6.45, 7) is 4.89. The van der Waals surface area contributed by atoms with E-state index < -0.39 is 9.84 Å². The van der Waals surface area contributed by atoms with Crippen molar-refractivity contribution in [1.29, 1.82) is 0 Å². The fourth-order valence-electron chi connectivity index (χ4n) is 1.25. The Morgan fingerprint density at radius 3 is 2.25 bits per heavy atom. The summed E-state index contributed by atoms with van der Waals surface area (Å²) in [5, 5.41) is 3.16. The lowest BCUT2D eigenvalue weighted by Gasteiger charge is -2.15. The largest absolute Gasteiger partial charge is 0.313 e. The summed E-state index contributed by atoms with van der Waals surface area (Å²) in [6, 6.07) is 0.134. The summed E-state index contributed by atoms with van der Waals surface area (Å²) in [4.78, 5) is 0.